The Labute approximate surface area is 202 Å². The van der Waals surface area contributed by atoms with E-state index in [9.17, 15) is 4.79 Å². The van der Waals surface area contributed by atoms with Gasteiger partial charge in [-0.15, -0.1) is 0 Å². The summed E-state index contributed by atoms with van der Waals surface area (Å²) < 4.78 is 13.8. The summed E-state index contributed by atoms with van der Waals surface area (Å²) in [6, 6.07) is 7.23. The van der Waals surface area contributed by atoms with Crippen LogP contribution in [0.3, 0.4) is 0 Å². The third-order valence-corrected chi connectivity index (χ3v) is 6.54. The number of aromatic nitrogens is 2. The van der Waals surface area contributed by atoms with Crippen LogP contribution in [0.2, 0.25) is 5.02 Å². The average Bonchev–Trinajstić information content (AvgIpc) is 2.75. The van der Waals surface area contributed by atoms with Gasteiger partial charge in [0.25, 0.3) is 5.56 Å². The van der Waals surface area contributed by atoms with Gasteiger partial charge < -0.3 is 9.47 Å². The first-order valence-corrected chi connectivity index (χ1v) is 11.8. The summed E-state index contributed by atoms with van der Waals surface area (Å²) in [5.74, 6) is 1.54. The molecule has 0 fully saturated rings. The molecule has 0 amide bonds. The fourth-order valence-electron chi connectivity index (χ4n) is 3.08. The van der Waals surface area contributed by atoms with Crippen molar-refractivity contribution in [2.24, 2.45) is 5.10 Å². The van der Waals surface area contributed by atoms with E-state index in [0.717, 1.165) is 17.3 Å². The lowest BCUT2D eigenvalue weighted by atomic mass is 10.2. The molecule has 0 aliphatic heterocycles. The van der Waals surface area contributed by atoms with E-state index in [0.29, 0.717) is 56.3 Å². The zero-order chi connectivity index (χ0) is 22.5. The molecule has 2 aromatic carbocycles. The Morgan fingerprint density at radius 2 is 2.03 bits per heavy atom. The minimum absolute atomic E-state index is 0.227. The molecular formula is C22H22Br2ClN3O3. The summed E-state index contributed by atoms with van der Waals surface area (Å²) >= 11 is 13.4. The smallest absolute Gasteiger partial charge is 0.282 e. The van der Waals surface area contributed by atoms with Gasteiger partial charge in [-0.05, 0) is 53.5 Å². The summed E-state index contributed by atoms with van der Waals surface area (Å²) in [5, 5.41) is 5.35. The third-order valence-electron chi connectivity index (χ3n) is 4.60. The normalized spacial score (nSPS) is 11.4. The van der Waals surface area contributed by atoms with Crippen molar-refractivity contribution in [3.8, 4) is 11.5 Å². The van der Waals surface area contributed by atoms with Crippen LogP contribution in [0.15, 0.2) is 43.1 Å². The maximum Gasteiger partial charge on any atom is 0.282 e. The Bertz CT molecular complexity index is 1200. The van der Waals surface area contributed by atoms with Crippen LogP contribution in [0.25, 0.3) is 10.9 Å². The SMILES string of the molecule is CCCCc1nc2ccc(Br)cc2c(=O)n1N=Cc1cc(OCC)c(OC)c(Cl)c1Br. The fourth-order valence-corrected chi connectivity index (χ4v) is 4.12. The lowest BCUT2D eigenvalue weighted by Gasteiger charge is -2.14. The lowest BCUT2D eigenvalue weighted by molar-refractivity contribution is 0.311. The molecule has 31 heavy (non-hydrogen) atoms. The van der Waals surface area contributed by atoms with Gasteiger partial charge in [0.1, 0.15) is 10.8 Å². The number of nitrogens with zero attached hydrogens (tertiary/aromatic N) is 3. The van der Waals surface area contributed by atoms with Gasteiger partial charge >= 0.3 is 0 Å². The number of ether oxygens (including phenoxy) is 2. The number of halogens is 3. The van der Waals surface area contributed by atoms with Gasteiger partial charge in [-0.1, -0.05) is 40.9 Å². The molecule has 0 aliphatic rings. The maximum absolute atomic E-state index is 13.2. The van der Waals surface area contributed by atoms with Gasteiger partial charge in [-0.3, -0.25) is 4.79 Å². The second-order valence-corrected chi connectivity index (χ2v) is 8.80. The predicted octanol–water partition coefficient (Wildman–Crippen LogP) is 6.21. The van der Waals surface area contributed by atoms with Gasteiger partial charge in [-0.2, -0.15) is 9.78 Å². The second-order valence-electron chi connectivity index (χ2n) is 6.71. The van der Waals surface area contributed by atoms with Crippen LogP contribution in [0.1, 0.15) is 38.1 Å². The van der Waals surface area contributed by atoms with E-state index in [1.165, 1.54) is 11.8 Å². The molecule has 0 unspecified atom stereocenters. The summed E-state index contributed by atoms with van der Waals surface area (Å²) in [6.45, 7) is 4.42. The molecule has 0 aliphatic carbocycles. The Morgan fingerprint density at radius 3 is 2.71 bits per heavy atom. The van der Waals surface area contributed by atoms with Crippen LogP contribution in [0, 0.1) is 0 Å². The first kappa shape index (κ1) is 23.8. The monoisotopic (exact) mass is 569 g/mol. The van der Waals surface area contributed by atoms with E-state index in [1.54, 1.807) is 18.3 Å². The highest BCUT2D eigenvalue weighted by molar-refractivity contribution is 9.10. The summed E-state index contributed by atoms with van der Waals surface area (Å²) in [5.41, 5.74) is 1.07. The van der Waals surface area contributed by atoms with Crippen molar-refractivity contribution >= 4 is 60.6 Å². The zero-order valence-electron chi connectivity index (χ0n) is 17.4. The molecule has 164 valence electrons. The Balaban J connectivity index is 2.16. The summed E-state index contributed by atoms with van der Waals surface area (Å²) in [4.78, 5) is 17.9. The first-order valence-electron chi connectivity index (χ1n) is 9.85. The molecule has 0 N–H and O–H groups in total. The molecule has 0 bridgehead atoms. The fraction of sp³-hybridized carbons (Fsp3) is 0.318. The standard InChI is InChI=1S/C22H22Br2ClN3O3/c1-4-6-7-18-27-16-9-8-14(23)11-15(16)22(29)28(18)26-12-13-10-17(31-5-2)21(30-3)20(25)19(13)24/h8-12H,4-7H2,1-3H3. The number of hydrogen-bond acceptors (Lipinski definition) is 5. The highest BCUT2D eigenvalue weighted by Crippen LogP contribution is 2.42. The molecular weight excluding hydrogens is 550 g/mol. The van der Waals surface area contributed by atoms with Gasteiger partial charge in [0.05, 0.1) is 30.8 Å². The number of aryl methyl sites for hydroxylation is 1. The quantitative estimate of drug-likeness (QED) is 0.302. The molecule has 9 heteroatoms. The van der Waals surface area contributed by atoms with Crippen LogP contribution in [-0.4, -0.2) is 29.6 Å². The van der Waals surface area contributed by atoms with Crippen LogP contribution in [0.5, 0.6) is 11.5 Å². The van der Waals surface area contributed by atoms with Crippen molar-refractivity contribution in [1.29, 1.82) is 0 Å². The van der Waals surface area contributed by atoms with E-state index in [2.05, 4.69) is 48.9 Å². The van der Waals surface area contributed by atoms with Gasteiger partial charge in [0.2, 0.25) is 0 Å². The van der Waals surface area contributed by atoms with E-state index in [1.807, 2.05) is 19.1 Å². The third kappa shape index (κ3) is 5.13. The van der Waals surface area contributed by atoms with E-state index in [4.69, 9.17) is 21.1 Å². The topological polar surface area (TPSA) is 65.7 Å². The van der Waals surface area contributed by atoms with Crippen molar-refractivity contribution < 1.29 is 9.47 Å². The summed E-state index contributed by atoms with van der Waals surface area (Å²) in [7, 11) is 1.53. The highest BCUT2D eigenvalue weighted by atomic mass is 79.9. The lowest BCUT2D eigenvalue weighted by Crippen LogP contribution is -2.22. The van der Waals surface area contributed by atoms with Crippen molar-refractivity contribution in [2.45, 2.75) is 33.1 Å². The van der Waals surface area contributed by atoms with Crippen LogP contribution < -0.4 is 15.0 Å². The summed E-state index contributed by atoms with van der Waals surface area (Å²) in [6.07, 6.45) is 4.09. The largest absolute Gasteiger partial charge is 0.491 e. The minimum atomic E-state index is -0.227. The van der Waals surface area contributed by atoms with Crippen LogP contribution in [0.4, 0.5) is 0 Å². The number of methoxy groups -OCH3 is 1. The van der Waals surface area contributed by atoms with E-state index in [-0.39, 0.29) is 5.56 Å². The highest BCUT2D eigenvalue weighted by Gasteiger charge is 2.17. The molecule has 0 spiro atoms. The number of benzene rings is 2. The van der Waals surface area contributed by atoms with E-state index < -0.39 is 0 Å². The number of fused-ring (bicyclic) bond motifs is 1. The van der Waals surface area contributed by atoms with Crippen molar-refractivity contribution in [1.82, 2.24) is 9.66 Å². The van der Waals surface area contributed by atoms with Gasteiger partial charge in [0.15, 0.2) is 11.5 Å². The molecule has 6 nitrogen and oxygen atoms in total. The average molecular weight is 572 g/mol. The predicted molar refractivity (Wildman–Crippen MR) is 132 cm³/mol. The second kappa shape index (κ2) is 10.6. The number of rotatable bonds is 8. The molecule has 0 atom stereocenters. The van der Waals surface area contributed by atoms with E-state index >= 15 is 0 Å². The molecule has 1 aromatic heterocycles. The molecule has 3 aromatic rings. The zero-order valence-corrected chi connectivity index (χ0v) is 21.3. The Morgan fingerprint density at radius 1 is 1.26 bits per heavy atom. The van der Waals surface area contributed by atoms with Crippen molar-refractivity contribution in [3.63, 3.8) is 0 Å². The molecule has 0 saturated heterocycles. The molecule has 3 rings (SSSR count). The molecule has 0 saturated carbocycles. The molecule has 0 radical (unpaired) electrons. The molecule has 1 heterocycles. The number of unbranched alkanes of at least 4 members (excludes halogenated alkanes) is 1. The van der Waals surface area contributed by atoms with Gasteiger partial charge in [0, 0.05) is 20.9 Å². The number of hydrogen-bond donors (Lipinski definition) is 0. The maximum atomic E-state index is 13.2. The Kier molecular flexibility index (Phi) is 8.13. The minimum Gasteiger partial charge on any atom is -0.491 e. The van der Waals surface area contributed by atoms with Crippen molar-refractivity contribution in [3.05, 3.63) is 60.0 Å². The van der Waals surface area contributed by atoms with Gasteiger partial charge in [-0.25, -0.2) is 4.98 Å². The Hall–Kier alpha value is -1.90. The van der Waals surface area contributed by atoms with Crippen molar-refractivity contribution in [2.75, 3.05) is 13.7 Å². The first-order chi connectivity index (χ1) is 14.9. The van der Waals surface area contributed by atoms with Crippen LogP contribution in [-0.2, 0) is 6.42 Å². The van der Waals surface area contributed by atoms with Crippen LogP contribution >= 0.6 is 43.5 Å².